The number of phenols is 1. The van der Waals surface area contributed by atoms with Crippen LogP contribution in [-0.2, 0) is 14.4 Å². The number of nitrogens with zero attached hydrogens (tertiary/aromatic N) is 2. The molecule has 9 heteroatoms. The van der Waals surface area contributed by atoms with Crippen LogP contribution in [0, 0.1) is 0 Å². The second-order valence-corrected chi connectivity index (χ2v) is 9.82. The summed E-state index contributed by atoms with van der Waals surface area (Å²) in [5.41, 5.74) is -0.315. The lowest BCUT2D eigenvalue weighted by molar-refractivity contribution is -0.148. The van der Waals surface area contributed by atoms with E-state index >= 15 is 0 Å². The summed E-state index contributed by atoms with van der Waals surface area (Å²) in [5.74, 6) is 0.0670. The highest BCUT2D eigenvalue weighted by molar-refractivity contribution is 8.03. The van der Waals surface area contributed by atoms with E-state index in [9.17, 15) is 14.7 Å². The lowest BCUT2D eigenvalue weighted by Gasteiger charge is -2.29. The monoisotopic (exact) mass is 456 g/mol. The molecule has 1 aliphatic rings. The molecular formula is C21H16N2O4S3. The third kappa shape index (κ3) is 2.73. The van der Waals surface area contributed by atoms with Crippen molar-refractivity contribution >= 4 is 60.7 Å². The van der Waals surface area contributed by atoms with Gasteiger partial charge in [-0.15, -0.1) is 22.7 Å². The Hall–Kier alpha value is -2.62. The van der Waals surface area contributed by atoms with Crippen LogP contribution in [0.1, 0.15) is 13.3 Å². The van der Waals surface area contributed by atoms with Crippen LogP contribution >= 0.6 is 34.4 Å². The average Bonchev–Trinajstić information content (AvgIpc) is 3.48. The molecular weight excluding hydrogens is 440 g/mol. The molecule has 1 atom stereocenters. The van der Waals surface area contributed by atoms with Gasteiger partial charge in [-0.25, -0.2) is 9.78 Å². The maximum atomic E-state index is 13.9. The Balaban J connectivity index is 1.92. The number of carbonyl (C=O) groups excluding carboxylic acids is 1. The van der Waals surface area contributed by atoms with Crippen molar-refractivity contribution in [2.75, 3.05) is 6.61 Å². The first-order valence-electron chi connectivity index (χ1n) is 9.28. The van der Waals surface area contributed by atoms with Crippen LogP contribution in [0.5, 0.6) is 5.75 Å². The van der Waals surface area contributed by atoms with Gasteiger partial charge in [-0.05, 0) is 29.8 Å². The molecule has 0 bridgehead atoms. The SMILES string of the molecule is CCOC(=O)C1(n2c(-c3cccs3)nc3sc4c(O)cccc4c3c2=O)CC=CS1. The molecule has 6 nitrogen and oxygen atoms in total. The van der Waals surface area contributed by atoms with Gasteiger partial charge < -0.3 is 9.84 Å². The number of allylic oxidation sites excluding steroid dienone is 1. The highest BCUT2D eigenvalue weighted by Crippen LogP contribution is 2.45. The maximum Gasteiger partial charge on any atom is 0.343 e. The van der Waals surface area contributed by atoms with E-state index in [1.807, 2.05) is 29.0 Å². The summed E-state index contributed by atoms with van der Waals surface area (Å²) < 4.78 is 7.48. The molecule has 1 N–H and O–H groups in total. The molecule has 5 rings (SSSR count). The molecule has 3 aromatic heterocycles. The summed E-state index contributed by atoms with van der Waals surface area (Å²) >= 11 is 3.99. The van der Waals surface area contributed by atoms with Crippen molar-refractivity contribution in [2.24, 2.45) is 0 Å². The molecule has 0 saturated carbocycles. The number of aromatic hydroxyl groups is 1. The van der Waals surface area contributed by atoms with E-state index in [0.717, 1.165) is 4.88 Å². The molecule has 4 heterocycles. The Morgan fingerprint density at radius 2 is 2.20 bits per heavy atom. The lowest BCUT2D eigenvalue weighted by Crippen LogP contribution is -2.45. The summed E-state index contributed by atoms with van der Waals surface area (Å²) in [6.45, 7) is 1.97. The molecule has 0 radical (unpaired) electrons. The third-order valence-electron chi connectivity index (χ3n) is 4.96. The van der Waals surface area contributed by atoms with E-state index in [-0.39, 0.29) is 17.9 Å². The standard InChI is InChI=1S/C21H16N2O4S3/c1-2-27-20(26)21(9-5-11-29-21)23-17(14-8-4-10-28-14)22-18-15(19(23)25)12-6-3-7-13(24)16(12)30-18/h3-8,10-11,24H,2,9H2,1H3. The Bertz CT molecular complexity index is 1360. The van der Waals surface area contributed by atoms with Gasteiger partial charge >= 0.3 is 5.97 Å². The van der Waals surface area contributed by atoms with Crippen molar-refractivity contribution < 1.29 is 14.6 Å². The summed E-state index contributed by atoms with van der Waals surface area (Å²) in [5, 5.41) is 15.1. The molecule has 0 amide bonds. The van der Waals surface area contributed by atoms with Crippen molar-refractivity contribution in [1.29, 1.82) is 0 Å². The highest BCUT2D eigenvalue weighted by Gasteiger charge is 2.46. The lowest BCUT2D eigenvalue weighted by atomic mass is 10.1. The van der Waals surface area contributed by atoms with E-state index in [0.29, 0.717) is 32.5 Å². The normalized spacial score (nSPS) is 18.4. The van der Waals surface area contributed by atoms with E-state index in [1.165, 1.54) is 39.0 Å². The quantitative estimate of drug-likeness (QED) is 0.440. The minimum Gasteiger partial charge on any atom is -0.506 e. The molecule has 0 spiro atoms. The number of aromatic nitrogens is 2. The summed E-state index contributed by atoms with van der Waals surface area (Å²) in [7, 11) is 0. The van der Waals surface area contributed by atoms with Crippen LogP contribution in [-0.4, -0.2) is 27.2 Å². The van der Waals surface area contributed by atoms with Gasteiger partial charge in [-0.2, -0.15) is 0 Å². The number of carbonyl (C=O) groups is 1. The van der Waals surface area contributed by atoms with Crippen LogP contribution in [0.3, 0.4) is 0 Å². The highest BCUT2D eigenvalue weighted by atomic mass is 32.2. The summed E-state index contributed by atoms with van der Waals surface area (Å²) in [4.78, 5) is 32.0. The first kappa shape index (κ1) is 19.3. The maximum absolute atomic E-state index is 13.9. The smallest absolute Gasteiger partial charge is 0.343 e. The van der Waals surface area contributed by atoms with Gasteiger partial charge in [0, 0.05) is 11.8 Å². The fourth-order valence-corrected chi connectivity index (χ4v) is 6.49. The third-order valence-corrected chi connectivity index (χ3v) is 8.19. The zero-order valence-corrected chi connectivity index (χ0v) is 18.3. The van der Waals surface area contributed by atoms with E-state index in [4.69, 9.17) is 9.72 Å². The van der Waals surface area contributed by atoms with E-state index in [2.05, 4.69) is 0 Å². The van der Waals surface area contributed by atoms with Gasteiger partial charge in [0.25, 0.3) is 5.56 Å². The first-order chi connectivity index (χ1) is 14.6. The van der Waals surface area contributed by atoms with Gasteiger partial charge in [-0.3, -0.25) is 9.36 Å². The zero-order chi connectivity index (χ0) is 20.9. The number of benzene rings is 1. The minimum atomic E-state index is -1.25. The number of thiophene rings is 2. The van der Waals surface area contributed by atoms with Gasteiger partial charge in [0.2, 0.25) is 4.87 Å². The molecule has 4 aromatic rings. The number of hydrogen-bond acceptors (Lipinski definition) is 8. The first-order valence-corrected chi connectivity index (χ1v) is 11.9. The largest absolute Gasteiger partial charge is 0.506 e. The summed E-state index contributed by atoms with van der Waals surface area (Å²) in [6.07, 6.45) is 2.20. The zero-order valence-electron chi connectivity index (χ0n) is 15.8. The number of esters is 1. The second-order valence-electron chi connectivity index (χ2n) is 6.69. The fraction of sp³-hybridized carbons (Fsp3) is 0.190. The number of fused-ring (bicyclic) bond motifs is 3. The Kier molecular flexibility index (Phi) is 4.68. The van der Waals surface area contributed by atoms with Crippen LogP contribution in [0.25, 0.3) is 31.0 Å². The predicted molar refractivity (Wildman–Crippen MR) is 122 cm³/mol. The number of phenolic OH excluding ortho intramolecular Hbond substituents is 1. The molecule has 1 unspecified atom stereocenters. The van der Waals surface area contributed by atoms with E-state index in [1.54, 1.807) is 25.1 Å². The topological polar surface area (TPSA) is 81.4 Å². The average molecular weight is 457 g/mol. The van der Waals surface area contributed by atoms with Crippen molar-refractivity contribution in [3.05, 3.63) is 57.5 Å². The molecule has 0 saturated heterocycles. The van der Waals surface area contributed by atoms with Gasteiger partial charge in [0.05, 0.1) is 21.6 Å². The predicted octanol–water partition coefficient (Wildman–Crippen LogP) is 4.91. The van der Waals surface area contributed by atoms with E-state index < -0.39 is 10.8 Å². The molecule has 30 heavy (non-hydrogen) atoms. The second kappa shape index (κ2) is 7.26. The van der Waals surface area contributed by atoms with Crippen molar-refractivity contribution in [3.63, 3.8) is 0 Å². The number of hydrogen-bond donors (Lipinski definition) is 1. The molecule has 0 aliphatic carbocycles. The fourth-order valence-electron chi connectivity index (χ4n) is 3.66. The van der Waals surface area contributed by atoms with Gasteiger partial charge in [-0.1, -0.05) is 36.0 Å². The Morgan fingerprint density at radius 3 is 2.90 bits per heavy atom. The summed E-state index contributed by atoms with van der Waals surface area (Å²) in [6, 6.07) is 8.85. The minimum absolute atomic E-state index is 0.108. The number of thioether (sulfide) groups is 1. The Labute approximate surface area is 183 Å². The molecule has 0 fully saturated rings. The van der Waals surface area contributed by atoms with Crippen LogP contribution in [0.15, 0.2) is 52.0 Å². The van der Waals surface area contributed by atoms with Crippen LogP contribution < -0.4 is 5.56 Å². The van der Waals surface area contributed by atoms with Crippen molar-refractivity contribution in [1.82, 2.24) is 9.55 Å². The number of rotatable bonds is 4. The van der Waals surface area contributed by atoms with Gasteiger partial charge in [0.1, 0.15) is 10.6 Å². The van der Waals surface area contributed by atoms with Gasteiger partial charge in [0.15, 0.2) is 5.82 Å². The van der Waals surface area contributed by atoms with Crippen LogP contribution in [0.4, 0.5) is 0 Å². The Morgan fingerprint density at radius 1 is 1.33 bits per heavy atom. The van der Waals surface area contributed by atoms with Crippen molar-refractivity contribution in [3.8, 4) is 16.5 Å². The van der Waals surface area contributed by atoms with Crippen molar-refractivity contribution in [2.45, 2.75) is 18.2 Å². The number of ether oxygens (including phenoxy) is 1. The molecule has 152 valence electrons. The molecule has 1 aromatic carbocycles. The molecule has 1 aliphatic heterocycles. The van der Waals surface area contributed by atoms with Crippen LogP contribution in [0.2, 0.25) is 0 Å².